The molecule has 2 heterocycles. The Kier molecular flexibility index (Phi) is 3.31. The van der Waals surface area contributed by atoms with Crippen molar-refractivity contribution >= 4 is 27.3 Å². The Bertz CT molecular complexity index is 935. The van der Waals surface area contributed by atoms with Gasteiger partial charge in [0.25, 0.3) is 5.56 Å². The number of nitrogens with zero attached hydrogens (tertiary/aromatic N) is 1. The van der Waals surface area contributed by atoms with Crippen LogP contribution in [0.2, 0.25) is 0 Å². The summed E-state index contributed by atoms with van der Waals surface area (Å²) in [5, 5.41) is 0.374. The van der Waals surface area contributed by atoms with Crippen molar-refractivity contribution in [3.8, 4) is 0 Å². The highest BCUT2D eigenvalue weighted by Gasteiger charge is 2.14. The lowest BCUT2D eigenvalue weighted by Crippen LogP contribution is -2.31. The molecule has 0 bridgehead atoms. The van der Waals surface area contributed by atoms with Gasteiger partial charge in [0.2, 0.25) is 0 Å². The van der Waals surface area contributed by atoms with E-state index in [0.717, 1.165) is 21.5 Å². The van der Waals surface area contributed by atoms with Crippen LogP contribution in [0.25, 0.3) is 10.2 Å². The average molecular weight is 300 g/mol. The molecule has 6 heteroatoms. The molecule has 0 aliphatic heterocycles. The Balaban J connectivity index is 2.02. The number of nitrogens with one attached hydrogen (secondary N) is 1. The number of benzene rings is 1. The summed E-state index contributed by atoms with van der Waals surface area (Å²) in [5.41, 5.74) is 0.0570. The van der Waals surface area contributed by atoms with E-state index in [4.69, 9.17) is 0 Å². The number of hydrogen-bond donors (Lipinski definition) is 1. The monoisotopic (exact) mass is 300 g/mol. The molecule has 0 saturated heterocycles. The lowest BCUT2D eigenvalue weighted by Gasteiger charge is -1.97. The zero-order valence-electron chi connectivity index (χ0n) is 11.3. The fourth-order valence-electron chi connectivity index (χ4n) is 2.10. The van der Waals surface area contributed by atoms with Gasteiger partial charge in [0.1, 0.15) is 4.83 Å². The molecule has 0 radical (unpaired) electrons. The summed E-state index contributed by atoms with van der Waals surface area (Å²) in [6.07, 6.45) is 0.276. The Morgan fingerprint density at radius 1 is 1.24 bits per heavy atom. The largest absolute Gasteiger partial charge is 0.329 e. The highest BCUT2D eigenvalue weighted by atomic mass is 32.1. The minimum absolute atomic E-state index is 0.0645. The molecule has 0 fully saturated rings. The van der Waals surface area contributed by atoms with Gasteiger partial charge in [-0.2, -0.15) is 0 Å². The second-order valence-electron chi connectivity index (χ2n) is 4.73. The predicted octanol–water partition coefficient (Wildman–Crippen LogP) is 1.71. The molecule has 1 aromatic carbocycles. The second kappa shape index (κ2) is 5.14. The van der Waals surface area contributed by atoms with Crippen LogP contribution in [0.1, 0.15) is 15.2 Å². The van der Waals surface area contributed by atoms with E-state index in [9.17, 15) is 14.4 Å². The second-order valence-corrected chi connectivity index (χ2v) is 5.79. The smallest absolute Gasteiger partial charge is 0.298 e. The molecule has 3 rings (SSSR count). The van der Waals surface area contributed by atoms with Crippen molar-refractivity contribution in [2.75, 3.05) is 0 Å². The van der Waals surface area contributed by atoms with Crippen LogP contribution < -0.4 is 11.2 Å². The van der Waals surface area contributed by atoms with Gasteiger partial charge < -0.3 is 0 Å². The summed E-state index contributed by atoms with van der Waals surface area (Å²) >= 11 is 1.14. The van der Waals surface area contributed by atoms with Crippen molar-refractivity contribution in [2.45, 2.75) is 6.42 Å². The molecule has 2 aromatic heterocycles. The maximum absolute atomic E-state index is 12.3. The van der Waals surface area contributed by atoms with Crippen LogP contribution in [0.3, 0.4) is 0 Å². The Hall–Kier alpha value is -2.47. The maximum atomic E-state index is 12.3. The van der Waals surface area contributed by atoms with E-state index in [0.29, 0.717) is 15.1 Å². The normalized spacial score (nSPS) is 10.9. The molecule has 5 nitrogen and oxygen atoms in total. The quantitative estimate of drug-likeness (QED) is 0.749. The zero-order chi connectivity index (χ0) is 15.0. The van der Waals surface area contributed by atoms with Gasteiger partial charge >= 0.3 is 5.69 Å². The zero-order valence-corrected chi connectivity index (χ0v) is 12.1. The van der Waals surface area contributed by atoms with Crippen LogP contribution in [0.15, 0.2) is 46.0 Å². The van der Waals surface area contributed by atoms with E-state index in [-0.39, 0.29) is 17.8 Å². The van der Waals surface area contributed by atoms with Gasteiger partial charge in [0.15, 0.2) is 5.78 Å². The number of hydrogen-bond acceptors (Lipinski definition) is 4. The van der Waals surface area contributed by atoms with Gasteiger partial charge in [-0.3, -0.25) is 19.1 Å². The number of thiophene rings is 1. The fraction of sp³-hybridized carbons (Fsp3) is 0.133. The molecule has 1 N–H and O–H groups in total. The third kappa shape index (κ3) is 2.45. The summed E-state index contributed by atoms with van der Waals surface area (Å²) < 4.78 is 1.00. The van der Waals surface area contributed by atoms with Crippen molar-refractivity contribution in [1.82, 2.24) is 9.55 Å². The highest BCUT2D eigenvalue weighted by molar-refractivity contribution is 7.20. The number of fused-ring (bicyclic) bond motifs is 1. The van der Waals surface area contributed by atoms with Gasteiger partial charge in [-0.05, 0) is 11.6 Å². The van der Waals surface area contributed by atoms with Crippen LogP contribution >= 0.6 is 11.3 Å². The molecular weight excluding hydrogens is 288 g/mol. The van der Waals surface area contributed by atoms with Crippen molar-refractivity contribution in [1.29, 1.82) is 0 Å². The molecule has 0 spiro atoms. The molecule has 0 atom stereocenters. The SMILES string of the molecule is Cn1c(=O)[nH]c2sc(C(=O)Cc3ccccc3)cc2c1=O. The third-order valence-electron chi connectivity index (χ3n) is 3.27. The average Bonchev–Trinajstić information content (AvgIpc) is 2.90. The van der Waals surface area contributed by atoms with E-state index >= 15 is 0 Å². The summed E-state index contributed by atoms with van der Waals surface area (Å²) in [7, 11) is 1.41. The van der Waals surface area contributed by atoms with Crippen molar-refractivity contribution in [3.05, 3.63) is 67.7 Å². The summed E-state index contributed by atoms with van der Waals surface area (Å²) in [6.45, 7) is 0. The number of carbonyl (C=O) groups is 1. The maximum Gasteiger partial charge on any atom is 0.329 e. The lowest BCUT2D eigenvalue weighted by atomic mass is 10.1. The summed E-state index contributed by atoms with van der Waals surface area (Å²) in [6, 6.07) is 11.0. The van der Waals surface area contributed by atoms with Gasteiger partial charge in [-0.15, -0.1) is 11.3 Å². The highest BCUT2D eigenvalue weighted by Crippen LogP contribution is 2.21. The van der Waals surface area contributed by atoms with Crippen LogP contribution in [0, 0.1) is 0 Å². The number of rotatable bonds is 3. The molecule has 106 valence electrons. The molecule has 3 aromatic rings. The Morgan fingerprint density at radius 2 is 1.95 bits per heavy atom. The lowest BCUT2D eigenvalue weighted by molar-refractivity contribution is 0.0997. The molecule has 0 amide bonds. The summed E-state index contributed by atoms with van der Waals surface area (Å²) in [4.78, 5) is 39.3. The Labute approximate surface area is 123 Å². The van der Waals surface area contributed by atoms with Crippen LogP contribution in [-0.4, -0.2) is 15.3 Å². The van der Waals surface area contributed by atoms with Crippen LogP contribution in [0.4, 0.5) is 0 Å². The van der Waals surface area contributed by atoms with E-state index in [1.54, 1.807) is 6.07 Å². The molecule has 21 heavy (non-hydrogen) atoms. The number of H-pyrrole nitrogens is 1. The van der Waals surface area contributed by atoms with Crippen LogP contribution in [0.5, 0.6) is 0 Å². The minimum atomic E-state index is -0.476. The van der Waals surface area contributed by atoms with Crippen molar-refractivity contribution in [2.24, 2.45) is 7.05 Å². The summed E-state index contributed by atoms with van der Waals surface area (Å²) in [5.74, 6) is -0.0645. The third-order valence-corrected chi connectivity index (χ3v) is 4.37. The minimum Gasteiger partial charge on any atom is -0.298 e. The van der Waals surface area contributed by atoms with E-state index in [1.165, 1.54) is 7.05 Å². The fourth-order valence-corrected chi connectivity index (χ4v) is 3.08. The van der Waals surface area contributed by atoms with Gasteiger partial charge in [0, 0.05) is 13.5 Å². The molecular formula is C15H12N2O3S. The predicted molar refractivity (Wildman–Crippen MR) is 82.2 cm³/mol. The number of aromatic nitrogens is 2. The van der Waals surface area contributed by atoms with E-state index in [1.807, 2.05) is 30.3 Å². The number of aromatic amines is 1. The molecule has 0 saturated carbocycles. The van der Waals surface area contributed by atoms with E-state index in [2.05, 4.69) is 4.98 Å². The number of Topliss-reactive ketones (excluding diaryl/α,β-unsaturated/α-hetero) is 1. The van der Waals surface area contributed by atoms with Crippen molar-refractivity contribution in [3.63, 3.8) is 0 Å². The first-order chi connectivity index (χ1) is 10.1. The topological polar surface area (TPSA) is 71.9 Å². The first kappa shape index (κ1) is 13.5. The molecule has 0 aliphatic carbocycles. The van der Waals surface area contributed by atoms with Gasteiger partial charge in [-0.1, -0.05) is 30.3 Å². The van der Waals surface area contributed by atoms with Crippen molar-refractivity contribution < 1.29 is 4.79 Å². The Morgan fingerprint density at radius 3 is 2.67 bits per heavy atom. The first-order valence-corrected chi connectivity index (χ1v) is 7.18. The number of carbonyl (C=O) groups excluding carboxylic acids is 1. The number of ketones is 1. The molecule has 0 unspecified atom stereocenters. The van der Waals surface area contributed by atoms with E-state index < -0.39 is 5.69 Å². The van der Waals surface area contributed by atoms with Crippen LogP contribution in [-0.2, 0) is 13.5 Å². The standard InChI is InChI=1S/C15H12N2O3S/c1-17-14(19)10-8-12(21-13(10)16-15(17)20)11(18)7-9-5-3-2-4-6-9/h2-6,8H,7H2,1H3,(H,16,20). The first-order valence-electron chi connectivity index (χ1n) is 6.36. The van der Waals surface area contributed by atoms with Gasteiger partial charge in [-0.25, -0.2) is 4.79 Å². The van der Waals surface area contributed by atoms with Gasteiger partial charge in [0.05, 0.1) is 10.3 Å². The molecule has 0 aliphatic rings.